The lowest BCUT2D eigenvalue weighted by molar-refractivity contribution is 0.0666. The van der Waals surface area contributed by atoms with E-state index in [0.29, 0.717) is 0 Å². The minimum absolute atomic E-state index is 0.147. The van der Waals surface area contributed by atoms with E-state index in [1.54, 1.807) is 0 Å². The number of rotatable bonds is 2. The summed E-state index contributed by atoms with van der Waals surface area (Å²) >= 11 is 0. The van der Waals surface area contributed by atoms with Crippen molar-refractivity contribution in [2.75, 3.05) is 13.1 Å². The van der Waals surface area contributed by atoms with Crippen molar-refractivity contribution >= 4 is 0 Å². The highest BCUT2D eigenvalue weighted by molar-refractivity contribution is 5.24. The second-order valence-corrected chi connectivity index (χ2v) is 4.80. The Balaban J connectivity index is 2.08. The topological polar surface area (TPSA) is 41.3 Å². The average molecular weight is 223 g/mol. The first-order chi connectivity index (χ1) is 7.58. The van der Waals surface area contributed by atoms with Crippen molar-refractivity contribution in [2.45, 2.75) is 39.3 Å². The Labute approximate surface area is 96.9 Å². The summed E-state index contributed by atoms with van der Waals surface area (Å²) in [5.41, 5.74) is 3.66. The molecule has 1 aliphatic heterocycles. The number of piperidine rings is 1. The Hall–Kier alpha value is -0.870. The molecule has 1 aromatic heterocycles. The summed E-state index contributed by atoms with van der Waals surface area (Å²) in [6.45, 7) is 6.97. The summed E-state index contributed by atoms with van der Waals surface area (Å²) in [7, 11) is 1.98. The molecule has 0 bridgehead atoms. The van der Waals surface area contributed by atoms with Gasteiger partial charge in [0.15, 0.2) is 0 Å². The van der Waals surface area contributed by atoms with Crippen LogP contribution in [0.2, 0.25) is 0 Å². The van der Waals surface area contributed by atoms with Crippen LogP contribution in [-0.4, -0.2) is 39.0 Å². The number of hydrogen-bond donors (Lipinski definition) is 1. The molecule has 0 saturated carbocycles. The summed E-state index contributed by atoms with van der Waals surface area (Å²) in [6, 6.07) is 0. The van der Waals surface area contributed by atoms with Crippen LogP contribution in [0, 0.1) is 13.8 Å². The standard InChI is InChI=1S/C12H21N3O/c1-9-12(10(2)14(3)13-9)8-15-6-4-5-11(16)7-15/h11,16H,4-8H2,1-3H3. The predicted molar refractivity (Wildman–Crippen MR) is 63.2 cm³/mol. The van der Waals surface area contributed by atoms with E-state index >= 15 is 0 Å². The molecule has 1 atom stereocenters. The second kappa shape index (κ2) is 4.55. The van der Waals surface area contributed by atoms with Gasteiger partial charge in [-0.1, -0.05) is 0 Å². The van der Waals surface area contributed by atoms with Crippen LogP contribution in [0.3, 0.4) is 0 Å². The van der Waals surface area contributed by atoms with Crippen molar-refractivity contribution in [3.8, 4) is 0 Å². The predicted octanol–water partition coefficient (Wildman–Crippen LogP) is 0.994. The van der Waals surface area contributed by atoms with Crippen molar-refractivity contribution in [1.29, 1.82) is 0 Å². The van der Waals surface area contributed by atoms with E-state index in [1.807, 2.05) is 11.7 Å². The maximum absolute atomic E-state index is 9.64. The van der Waals surface area contributed by atoms with Gasteiger partial charge in [-0.25, -0.2) is 0 Å². The van der Waals surface area contributed by atoms with E-state index in [-0.39, 0.29) is 6.10 Å². The van der Waals surface area contributed by atoms with Gasteiger partial charge in [0, 0.05) is 31.4 Å². The van der Waals surface area contributed by atoms with Crippen molar-refractivity contribution in [3.63, 3.8) is 0 Å². The number of aryl methyl sites for hydroxylation is 2. The van der Waals surface area contributed by atoms with Gasteiger partial charge in [0.1, 0.15) is 0 Å². The summed E-state index contributed by atoms with van der Waals surface area (Å²) in [5.74, 6) is 0. The van der Waals surface area contributed by atoms with Gasteiger partial charge < -0.3 is 5.11 Å². The Morgan fingerprint density at radius 1 is 1.44 bits per heavy atom. The summed E-state index contributed by atoms with van der Waals surface area (Å²) in [5, 5.41) is 14.1. The van der Waals surface area contributed by atoms with Crippen LogP contribution in [0.4, 0.5) is 0 Å². The third kappa shape index (κ3) is 2.28. The highest BCUT2D eigenvalue weighted by atomic mass is 16.3. The largest absolute Gasteiger partial charge is 0.392 e. The molecule has 2 heterocycles. The first kappa shape index (κ1) is 11.6. The molecule has 1 unspecified atom stereocenters. The number of aromatic nitrogens is 2. The fourth-order valence-corrected chi connectivity index (χ4v) is 2.44. The molecule has 4 heteroatoms. The average Bonchev–Trinajstić information content (AvgIpc) is 2.45. The maximum Gasteiger partial charge on any atom is 0.0667 e. The molecule has 90 valence electrons. The third-order valence-electron chi connectivity index (χ3n) is 3.52. The van der Waals surface area contributed by atoms with E-state index in [9.17, 15) is 5.11 Å². The number of nitrogens with zero attached hydrogens (tertiary/aromatic N) is 3. The highest BCUT2D eigenvalue weighted by Gasteiger charge is 2.20. The van der Waals surface area contributed by atoms with E-state index in [4.69, 9.17) is 0 Å². The van der Waals surface area contributed by atoms with Gasteiger partial charge in [-0.05, 0) is 33.2 Å². The lowest BCUT2D eigenvalue weighted by atomic mass is 10.1. The highest BCUT2D eigenvalue weighted by Crippen LogP contribution is 2.18. The first-order valence-corrected chi connectivity index (χ1v) is 5.97. The zero-order chi connectivity index (χ0) is 11.7. The zero-order valence-electron chi connectivity index (χ0n) is 10.4. The lowest BCUT2D eigenvalue weighted by Gasteiger charge is -2.30. The molecular formula is C12H21N3O. The normalized spacial score (nSPS) is 22.6. The Morgan fingerprint density at radius 3 is 2.75 bits per heavy atom. The molecule has 1 fully saturated rings. The number of aliphatic hydroxyl groups is 1. The van der Waals surface area contributed by atoms with Crippen molar-refractivity contribution in [3.05, 3.63) is 17.0 Å². The van der Waals surface area contributed by atoms with Gasteiger partial charge in [0.05, 0.1) is 11.8 Å². The van der Waals surface area contributed by atoms with E-state index in [2.05, 4.69) is 23.8 Å². The Bertz CT molecular complexity index is 373. The fraction of sp³-hybridized carbons (Fsp3) is 0.750. The minimum Gasteiger partial charge on any atom is -0.392 e. The Kier molecular flexibility index (Phi) is 3.30. The minimum atomic E-state index is -0.147. The summed E-state index contributed by atoms with van der Waals surface area (Å²) in [6.07, 6.45) is 1.90. The van der Waals surface area contributed by atoms with Gasteiger partial charge >= 0.3 is 0 Å². The first-order valence-electron chi connectivity index (χ1n) is 5.97. The maximum atomic E-state index is 9.64. The fourth-order valence-electron chi connectivity index (χ4n) is 2.44. The number of β-amino-alcohol motifs (C(OH)–C–C–N with tert-alkyl or cyclic N) is 1. The van der Waals surface area contributed by atoms with Crippen LogP contribution in [0.5, 0.6) is 0 Å². The molecule has 1 aliphatic rings. The molecule has 4 nitrogen and oxygen atoms in total. The van der Waals surface area contributed by atoms with E-state index in [0.717, 1.165) is 38.2 Å². The van der Waals surface area contributed by atoms with Gasteiger partial charge in [-0.15, -0.1) is 0 Å². The third-order valence-corrected chi connectivity index (χ3v) is 3.52. The van der Waals surface area contributed by atoms with Crippen LogP contribution in [0.15, 0.2) is 0 Å². The SMILES string of the molecule is Cc1nn(C)c(C)c1CN1CCCC(O)C1. The summed E-state index contributed by atoms with van der Waals surface area (Å²) in [4.78, 5) is 2.32. The van der Waals surface area contributed by atoms with Crippen LogP contribution < -0.4 is 0 Å². The van der Waals surface area contributed by atoms with Gasteiger partial charge in [0.25, 0.3) is 0 Å². The molecule has 1 saturated heterocycles. The van der Waals surface area contributed by atoms with Crippen LogP contribution in [-0.2, 0) is 13.6 Å². The molecular weight excluding hydrogens is 202 g/mol. The van der Waals surface area contributed by atoms with Crippen molar-refractivity contribution in [2.24, 2.45) is 7.05 Å². The summed E-state index contributed by atoms with van der Waals surface area (Å²) < 4.78 is 1.94. The molecule has 1 aromatic rings. The quantitative estimate of drug-likeness (QED) is 0.813. The molecule has 16 heavy (non-hydrogen) atoms. The number of hydrogen-bond acceptors (Lipinski definition) is 3. The van der Waals surface area contributed by atoms with E-state index < -0.39 is 0 Å². The molecule has 0 radical (unpaired) electrons. The van der Waals surface area contributed by atoms with E-state index in [1.165, 1.54) is 11.3 Å². The molecule has 2 rings (SSSR count). The van der Waals surface area contributed by atoms with Gasteiger partial charge in [-0.2, -0.15) is 5.10 Å². The van der Waals surface area contributed by atoms with Crippen molar-refractivity contribution in [1.82, 2.24) is 14.7 Å². The van der Waals surface area contributed by atoms with Crippen LogP contribution in [0.1, 0.15) is 29.8 Å². The molecule has 0 aliphatic carbocycles. The molecule has 1 N–H and O–H groups in total. The molecule has 0 aromatic carbocycles. The monoisotopic (exact) mass is 223 g/mol. The van der Waals surface area contributed by atoms with Crippen LogP contribution >= 0.6 is 0 Å². The zero-order valence-corrected chi connectivity index (χ0v) is 10.4. The van der Waals surface area contributed by atoms with Gasteiger partial charge in [-0.3, -0.25) is 9.58 Å². The van der Waals surface area contributed by atoms with Crippen LogP contribution in [0.25, 0.3) is 0 Å². The van der Waals surface area contributed by atoms with Crippen molar-refractivity contribution < 1.29 is 5.11 Å². The second-order valence-electron chi connectivity index (χ2n) is 4.80. The Morgan fingerprint density at radius 2 is 2.19 bits per heavy atom. The number of likely N-dealkylation sites (tertiary alicyclic amines) is 1. The van der Waals surface area contributed by atoms with Gasteiger partial charge in [0.2, 0.25) is 0 Å². The molecule has 0 amide bonds. The molecule has 0 spiro atoms. The smallest absolute Gasteiger partial charge is 0.0667 e. The lowest BCUT2D eigenvalue weighted by Crippen LogP contribution is -2.37. The number of aliphatic hydroxyl groups excluding tert-OH is 1.